The normalized spacial score (nSPS) is 18.3. The number of hydrogen-bond donors (Lipinski definition) is 6. The molecule has 1 amide bonds. The molecule has 85 heavy (non-hydrogen) atoms. The van der Waals surface area contributed by atoms with Gasteiger partial charge in [0.05, 0.1) is 25.4 Å². The summed E-state index contributed by atoms with van der Waals surface area (Å²) in [4.78, 5) is 13.1. The Morgan fingerprint density at radius 2 is 0.694 bits per heavy atom. The third kappa shape index (κ3) is 53.7. The van der Waals surface area contributed by atoms with Gasteiger partial charge in [0.1, 0.15) is 24.4 Å². The summed E-state index contributed by atoms with van der Waals surface area (Å²) in [6, 6.07) is -0.808. The minimum Gasteiger partial charge on any atom is -0.394 e. The zero-order valence-electron chi connectivity index (χ0n) is 56.1. The van der Waals surface area contributed by atoms with E-state index in [0.29, 0.717) is 6.42 Å². The van der Waals surface area contributed by atoms with Crippen molar-refractivity contribution in [2.24, 2.45) is 0 Å². The summed E-state index contributed by atoms with van der Waals surface area (Å²) in [5, 5.41) is 54.9. The predicted octanol–water partition coefficient (Wildman–Crippen LogP) is 20.8. The molecular weight excluding hydrogens is 1050 g/mol. The van der Waals surface area contributed by atoms with Crippen LogP contribution in [0.2, 0.25) is 0 Å². The lowest BCUT2D eigenvalue weighted by atomic mass is 9.99. The van der Waals surface area contributed by atoms with E-state index in [1.807, 2.05) is 6.08 Å². The maximum absolute atomic E-state index is 13.1. The van der Waals surface area contributed by atoms with Crippen LogP contribution in [0.3, 0.4) is 0 Å². The van der Waals surface area contributed by atoms with Crippen molar-refractivity contribution >= 4 is 5.91 Å². The van der Waals surface area contributed by atoms with Gasteiger partial charge in [0.2, 0.25) is 5.91 Å². The molecule has 0 aliphatic carbocycles. The van der Waals surface area contributed by atoms with Crippen LogP contribution in [-0.4, -0.2) is 87.5 Å². The van der Waals surface area contributed by atoms with Crippen LogP contribution in [0.1, 0.15) is 373 Å². The standard InChI is InChI=1S/C76H143NO8/c1-3-5-7-9-11-13-15-17-19-21-23-25-27-29-31-33-34-35-36-38-39-41-43-45-47-49-51-53-55-57-59-61-63-65-70(79)69(68-84-76-75(83)74(82)73(81)71(67-78)85-76)77-72(80)66-64-62-60-58-56-54-52-50-48-46-44-42-40-37-32-30-28-26-24-22-20-18-16-14-12-10-8-6-4-2/h16,18,22,24,28,30,63,65,69-71,73-76,78-79,81-83H,3-15,17,19-21,23,25-27,29,31-62,64,66-68H2,1-2H3,(H,77,80)/b18-16-,24-22-,30-28-,65-63+. The van der Waals surface area contributed by atoms with Crippen LogP contribution in [0.4, 0.5) is 0 Å². The lowest BCUT2D eigenvalue weighted by Gasteiger charge is -2.40. The topological polar surface area (TPSA) is 149 Å². The number of amides is 1. The molecule has 0 aromatic carbocycles. The number of rotatable bonds is 66. The zero-order valence-corrected chi connectivity index (χ0v) is 56.1. The predicted molar refractivity (Wildman–Crippen MR) is 364 cm³/mol. The van der Waals surface area contributed by atoms with Crippen LogP contribution in [0, 0.1) is 0 Å². The second kappa shape index (κ2) is 65.1. The maximum Gasteiger partial charge on any atom is 0.220 e. The fourth-order valence-electron chi connectivity index (χ4n) is 12.1. The lowest BCUT2D eigenvalue weighted by molar-refractivity contribution is -0.302. The molecule has 0 saturated carbocycles. The summed E-state index contributed by atoms with van der Waals surface area (Å²) in [7, 11) is 0. The summed E-state index contributed by atoms with van der Waals surface area (Å²) < 4.78 is 11.3. The van der Waals surface area contributed by atoms with E-state index in [4.69, 9.17) is 9.47 Å². The van der Waals surface area contributed by atoms with Crippen molar-refractivity contribution in [1.29, 1.82) is 0 Å². The Hall–Kier alpha value is -1.85. The molecule has 1 saturated heterocycles. The zero-order chi connectivity index (χ0) is 61.4. The summed E-state index contributed by atoms with van der Waals surface area (Å²) in [5.74, 6) is -0.172. The van der Waals surface area contributed by atoms with Crippen LogP contribution in [0.15, 0.2) is 48.6 Å². The third-order valence-corrected chi connectivity index (χ3v) is 17.9. The molecule has 1 rings (SSSR count). The summed E-state index contributed by atoms with van der Waals surface area (Å²) in [5.41, 5.74) is 0. The van der Waals surface area contributed by atoms with Crippen LogP contribution in [0.25, 0.3) is 0 Å². The van der Waals surface area contributed by atoms with Gasteiger partial charge in [-0.1, -0.05) is 358 Å². The van der Waals surface area contributed by atoms with E-state index in [-0.39, 0.29) is 12.5 Å². The highest BCUT2D eigenvalue weighted by Gasteiger charge is 2.44. The summed E-state index contributed by atoms with van der Waals surface area (Å²) >= 11 is 0. The first kappa shape index (κ1) is 81.2. The smallest absolute Gasteiger partial charge is 0.220 e. The van der Waals surface area contributed by atoms with Crippen LogP contribution in [-0.2, 0) is 14.3 Å². The molecule has 6 N–H and O–H groups in total. The van der Waals surface area contributed by atoms with Crippen LogP contribution in [0.5, 0.6) is 0 Å². The summed E-state index contributed by atoms with van der Waals surface area (Å²) in [6.45, 7) is 3.82. The van der Waals surface area contributed by atoms with Gasteiger partial charge in [-0.25, -0.2) is 0 Å². The molecule has 7 unspecified atom stereocenters. The highest BCUT2D eigenvalue weighted by molar-refractivity contribution is 5.76. The van der Waals surface area contributed by atoms with Crippen LogP contribution < -0.4 is 5.32 Å². The average Bonchev–Trinajstić information content (AvgIpc) is 3.56. The minimum atomic E-state index is -1.57. The van der Waals surface area contributed by atoms with Gasteiger partial charge < -0.3 is 40.3 Å². The van der Waals surface area contributed by atoms with Crippen molar-refractivity contribution in [2.75, 3.05) is 13.2 Å². The third-order valence-electron chi connectivity index (χ3n) is 17.9. The number of aliphatic hydroxyl groups is 5. The Balaban J connectivity index is 2.10. The Morgan fingerprint density at radius 3 is 1.02 bits per heavy atom. The molecule has 1 heterocycles. The number of carbonyl (C=O) groups is 1. The molecule has 1 aliphatic heterocycles. The first-order valence-electron chi connectivity index (χ1n) is 37.4. The van der Waals surface area contributed by atoms with E-state index in [2.05, 4.69) is 55.6 Å². The van der Waals surface area contributed by atoms with Crippen molar-refractivity contribution in [3.8, 4) is 0 Å². The fourth-order valence-corrected chi connectivity index (χ4v) is 12.1. The highest BCUT2D eigenvalue weighted by Crippen LogP contribution is 2.24. The van der Waals surface area contributed by atoms with E-state index in [1.54, 1.807) is 6.08 Å². The van der Waals surface area contributed by atoms with E-state index in [0.717, 1.165) is 51.4 Å². The van der Waals surface area contributed by atoms with Gasteiger partial charge >= 0.3 is 0 Å². The molecule has 0 aromatic rings. The Morgan fingerprint density at radius 1 is 0.400 bits per heavy atom. The molecule has 9 heteroatoms. The molecule has 0 radical (unpaired) electrons. The van der Waals surface area contributed by atoms with Gasteiger partial charge in [0.15, 0.2) is 6.29 Å². The van der Waals surface area contributed by atoms with Gasteiger partial charge in [-0.05, 0) is 57.8 Å². The molecule has 0 aromatic heterocycles. The monoisotopic (exact) mass is 1200 g/mol. The van der Waals surface area contributed by atoms with Gasteiger partial charge in [-0.2, -0.15) is 0 Å². The average molecular weight is 1200 g/mol. The Kier molecular flexibility index (Phi) is 62.2. The SMILES string of the molecule is CCCCCCC/C=C\C/C=C\C/C=C\CCCCCCCCCCCCCCCCC(=O)NC(COC1OC(CO)C(O)C(O)C1O)C(O)/C=C/CCCCCCCCCCCCCCCCCCCCCCCCCCCCCCCCC. The Bertz CT molecular complexity index is 1480. The fraction of sp³-hybridized carbons (Fsp3) is 0.882. The molecule has 0 spiro atoms. The second-order valence-electron chi connectivity index (χ2n) is 26.1. The Labute approximate surface area is 526 Å². The largest absolute Gasteiger partial charge is 0.394 e. The number of allylic oxidation sites excluding steroid dienone is 7. The summed E-state index contributed by atoms with van der Waals surface area (Å²) in [6.07, 6.45) is 82.3. The number of hydrogen-bond acceptors (Lipinski definition) is 8. The van der Waals surface area contributed by atoms with Crippen LogP contribution >= 0.6 is 0 Å². The molecule has 9 nitrogen and oxygen atoms in total. The van der Waals surface area contributed by atoms with Gasteiger partial charge in [-0.3, -0.25) is 4.79 Å². The molecule has 1 fully saturated rings. The van der Waals surface area contributed by atoms with Gasteiger partial charge in [0.25, 0.3) is 0 Å². The number of unbranched alkanes of at least 4 members (excludes halogenated alkanes) is 50. The number of nitrogens with one attached hydrogen (secondary N) is 1. The molecule has 1 aliphatic rings. The van der Waals surface area contributed by atoms with E-state index in [9.17, 15) is 30.3 Å². The first-order chi connectivity index (χ1) is 41.8. The van der Waals surface area contributed by atoms with E-state index in [1.165, 1.54) is 302 Å². The second-order valence-corrected chi connectivity index (χ2v) is 26.1. The number of carbonyl (C=O) groups excluding carboxylic acids is 1. The quantitative estimate of drug-likeness (QED) is 0.0261. The van der Waals surface area contributed by atoms with Crippen molar-refractivity contribution in [3.63, 3.8) is 0 Å². The molecule has 0 bridgehead atoms. The molecule has 7 atom stereocenters. The molecule has 500 valence electrons. The van der Waals surface area contributed by atoms with Gasteiger partial charge in [0, 0.05) is 6.42 Å². The van der Waals surface area contributed by atoms with E-state index >= 15 is 0 Å². The van der Waals surface area contributed by atoms with E-state index < -0.39 is 49.5 Å². The van der Waals surface area contributed by atoms with Crippen molar-refractivity contribution in [1.82, 2.24) is 5.32 Å². The highest BCUT2D eigenvalue weighted by atomic mass is 16.7. The minimum absolute atomic E-state index is 0.172. The maximum atomic E-state index is 13.1. The van der Waals surface area contributed by atoms with Gasteiger partial charge in [-0.15, -0.1) is 0 Å². The van der Waals surface area contributed by atoms with Crippen molar-refractivity contribution in [2.45, 2.75) is 416 Å². The number of aliphatic hydroxyl groups excluding tert-OH is 5. The lowest BCUT2D eigenvalue weighted by Crippen LogP contribution is -2.60. The van der Waals surface area contributed by atoms with Crippen molar-refractivity contribution < 1.29 is 39.8 Å². The molecular formula is C76H143NO8. The van der Waals surface area contributed by atoms with Crippen molar-refractivity contribution in [3.05, 3.63) is 48.6 Å². The number of ether oxygens (including phenoxy) is 2. The first-order valence-corrected chi connectivity index (χ1v) is 37.4.